The first-order chi connectivity index (χ1) is 13.9. The molecular formula is C21H22FN3O3S. The number of likely N-dealkylation sites (tertiary alicyclic amines) is 1. The standard InChI is InChI=1S/C21H22FN3O3S/c1-13-9-14(2)11-23(10-13)18(26)12-24-17-7-8-29-19(17)20(27)25(21(24)28)16-6-4-3-5-15(16)22/h3-8,13-14H,9-12H2,1-2H3. The lowest BCUT2D eigenvalue weighted by atomic mass is 9.92. The number of thiophene rings is 1. The number of fused-ring (bicyclic) bond motifs is 1. The third-order valence-electron chi connectivity index (χ3n) is 5.36. The van der Waals surface area contributed by atoms with Gasteiger partial charge in [0.15, 0.2) is 0 Å². The molecule has 29 heavy (non-hydrogen) atoms. The molecule has 1 saturated heterocycles. The van der Waals surface area contributed by atoms with Gasteiger partial charge >= 0.3 is 5.69 Å². The fraction of sp³-hybridized carbons (Fsp3) is 0.381. The lowest BCUT2D eigenvalue weighted by Crippen LogP contribution is -2.46. The van der Waals surface area contributed by atoms with E-state index in [2.05, 4.69) is 13.8 Å². The van der Waals surface area contributed by atoms with Crippen LogP contribution < -0.4 is 11.2 Å². The highest BCUT2D eigenvalue weighted by Gasteiger charge is 2.27. The van der Waals surface area contributed by atoms with Crippen LogP contribution >= 0.6 is 11.3 Å². The van der Waals surface area contributed by atoms with E-state index in [0.29, 0.717) is 35.1 Å². The van der Waals surface area contributed by atoms with Crippen molar-refractivity contribution < 1.29 is 9.18 Å². The Morgan fingerprint density at radius 1 is 1.14 bits per heavy atom. The van der Waals surface area contributed by atoms with Gasteiger partial charge in [-0.25, -0.2) is 13.8 Å². The molecule has 1 aliphatic heterocycles. The number of carbonyl (C=O) groups is 1. The summed E-state index contributed by atoms with van der Waals surface area (Å²) in [5, 5.41) is 1.70. The van der Waals surface area contributed by atoms with Crippen molar-refractivity contribution in [3.05, 3.63) is 62.4 Å². The second kappa shape index (κ2) is 7.59. The molecule has 0 spiro atoms. The number of piperidine rings is 1. The van der Waals surface area contributed by atoms with Crippen molar-refractivity contribution in [1.82, 2.24) is 14.0 Å². The van der Waals surface area contributed by atoms with Crippen molar-refractivity contribution >= 4 is 27.5 Å². The van der Waals surface area contributed by atoms with Crippen LogP contribution in [0.3, 0.4) is 0 Å². The minimum Gasteiger partial charge on any atom is -0.341 e. The highest BCUT2D eigenvalue weighted by Crippen LogP contribution is 2.22. The molecule has 2 unspecified atom stereocenters. The Kier molecular flexibility index (Phi) is 5.12. The predicted molar refractivity (Wildman–Crippen MR) is 111 cm³/mol. The maximum Gasteiger partial charge on any atom is 0.336 e. The van der Waals surface area contributed by atoms with Crippen molar-refractivity contribution in [2.45, 2.75) is 26.8 Å². The molecule has 0 bridgehead atoms. The highest BCUT2D eigenvalue weighted by molar-refractivity contribution is 7.17. The van der Waals surface area contributed by atoms with Gasteiger partial charge in [0.05, 0.1) is 11.2 Å². The van der Waals surface area contributed by atoms with Gasteiger partial charge in [0.1, 0.15) is 17.1 Å². The molecule has 1 amide bonds. The van der Waals surface area contributed by atoms with Gasteiger partial charge in [-0.15, -0.1) is 11.3 Å². The molecule has 8 heteroatoms. The van der Waals surface area contributed by atoms with Gasteiger partial charge in [-0.1, -0.05) is 26.0 Å². The lowest BCUT2D eigenvalue weighted by Gasteiger charge is -2.35. The molecule has 1 aliphatic rings. The first kappa shape index (κ1) is 19.6. The summed E-state index contributed by atoms with van der Waals surface area (Å²) in [6.07, 6.45) is 1.07. The van der Waals surface area contributed by atoms with Gasteiger partial charge in [0, 0.05) is 13.1 Å². The molecular weight excluding hydrogens is 393 g/mol. The van der Waals surface area contributed by atoms with Crippen LogP contribution in [0.1, 0.15) is 20.3 Å². The molecule has 0 radical (unpaired) electrons. The van der Waals surface area contributed by atoms with E-state index in [4.69, 9.17) is 0 Å². The van der Waals surface area contributed by atoms with Gasteiger partial charge in [0.2, 0.25) is 5.91 Å². The summed E-state index contributed by atoms with van der Waals surface area (Å²) in [5.41, 5.74) is -0.991. The largest absolute Gasteiger partial charge is 0.341 e. The number of halogens is 1. The third kappa shape index (κ3) is 3.53. The van der Waals surface area contributed by atoms with E-state index in [1.54, 1.807) is 22.4 Å². The molecule has 2 aromatic heterocycles. The molecule has 152 valence electrons. The van der Waals surface area contributed by atoms with Crippen molar-refractivity contribution in [1.29, 1.82) is 0 Å². The normalized spacial score (nSPS) is 19.6. The number of amides is 1. The van der Waals surface area contributed by atoms with Crippen LogP contribution in [0.5, 0.6) is 0 Å². The number of benzene rings is 1. The average Bonchev–Trinajstić information content (AvgIpc) is 3.16. The van der Waals surface area contributed by atoms with Crippen LogP contribution in [0.25, 0.3) is 15.9 Å². The van der Waals surface area contributed by atoms with E-state index < -0.39 is 17.1 Å². The maximum atomic E-state index is 14.4. The molecule has 0 saturated carbocycles. The second-order valence-corrected chi connectivity index (χ2v) is 8.76. The zero-order valence-electron chi connectivity index (χ0n) is 16.3. The molecule has 2 atom stereocenters. The van der Waals surface area contributed by atoms with Crippen LogP contribution in [0.2, 0.25) is 0 Å². The Balaban J connectivity index is 1.82. The number of carbonyl (C=O) groups excluding carboxylic acids is 1. The van der Waals surface area contributed by atoms with Gasteiger partial charge < -0.3 is 4.90 Å². The van der Waals surface area contributed by atoms with Crippen LogP contribution in [0, 0.1) is 17.7 Å². The zero-order chi connectivity index (χ0) is 20.7. The van der Waals surface area contributed by atoms with Crippen molar-refractivity contribution in [3.8, 4) is 5.69 Å². The van der Waals surface area contributed by atoms with Crippen LogP contribution in [0.15, 0.2) is 45.3 Å². The van der Waals surface area contributed by atoms with E-state index in [-0.39, 0.29) is 18.1 Å². The molecule has 0 N–H and O–H groups in total. The fourth-order valence-corrected chi connectivity index (χ4v) is 5.01. The quantitative estimate of drug-likeness (QED) is 0.661. The van der Waals surface area contributed by atoms with Gasteiger partial charge in [-0.05, 0) is 41.8 Å². The summed E-state index contributed by atoms with van der Waals surface area (Å²) in [4.78, 5) is 40.8. The van der Waals surface area contributed by atoms with E-state index in [1.165, 1.54) is 34.1 Å². The summed E-state index contributed by atoms with van der Waals surface area (Å²) < 4.78 is 16.8. The summed E-state index contributed by atoms with van der Waals surface area (Å²) in [6, 6.07) is 7.30. The van der Waals surface area contributed by atoms with Gasteiger partial charge in [0.25, 0.3) is 5.56 Å². The first-order valence-electron chi connectivity index (χ1n) is 9.62. The van der Waals surface area contributed by atoms with Crippen molar-refractivity contribution in [3.63, 3.8) is 0 Å². The number of aromatic nitrogens is 2. The Morgan fingerprint density at radius 3 is 2.52 bits per heavy atom. The second-order valence-electron chi connectivity index (χ2n) is 7.84. The predicted octanol–water partition coefficient (Wildman–Crippen LogP) is 2.86. The molecule has 6 nitrogen and oxygen atoms in total. The van der Waals surface area contributed by atoms with Crippen molar-refractivity contribution in [2.24, 2.45) is 11.8 Å². The highest BCUT2D eigenvalue weighted by atomic mass is 32.1. The topological polar surface area (TPSA) is 64.3 Å². The number of nitrogens with zero attached hydrogens (tertiary/aromatic N) is 3. The molecule has 0 aliphatic carbocycles. The third-order valence-corrected chi connectivity index (χ3v) is 6.25. The smallest absolute Gasteiger partial charge is 0.336 e. The Hall–Kier alpha value is -2.74. The fourth-order valence-electron chi connectivity index (χ4n) is 4.19. The van der Waals surface area contributed by atoms with E-state index in [9.17, 15) is 18.8 Å². The van der Waals surface area contributed by atoms with Crippen LogP contribution in [-0.4, -0.2) is 33.0 Å². The van der Waals surface area contributed by atoms with E-state index in [0.717, 1.165) is 11.0 Å². The maximum absolute atomic E-state index is 14.4. The van der Waals surface area contributed by atoms with Crippen LogP contribution in [0.4, 0.5) is 4.39 Å². The molecule has 3 aromatic rings. The van der Waals surface area contributed by atoms with Gasteiger partial charge in [-0.3, -0.25) is 14.2 Å². The Morgan fingerprint density at radius 2 is 1.83 bits per heavy atom. The average molecular weight is 415 g/mol. The molecule has 4 rings (SSSR count). The number of hydrogen-bond donors (Lipinski definition) is 0. The summed E-state index contributed by atoms with van der Waals surface area (Å²) in [5.74, 6) is -0.0446. The molecule has 1 fully saturated rings. The number of rotatable bonds is 3. The minimum absolute atomic E-state index is 0.112. The lowest BCUT2D eigenvalue weighted by molar-refractivity contribution is -0.134. The molecule has 1 aromatic carbocycles. The Bertz CT molecular complexity index is 1190. The summed E-state index contributed by atoms with van der Waals surface area (Å²) in [6.45, 7) is 5.34. The number of hydrogen-bond acceptors (Lipinski definition) is 4. The summed E-state index contributed by atoms with van der Waals surface area (Å²) in [7, 11) is 0. The van der Waals surface area contributed by atoms with E-state index in [1.807, 2.05) is 0 Å². The van der Waals surface area contributed by atoms with E-state index >= 15 is 0 Å². The molecule has 3 heterocycles. The zero-order valence-corrected chi connectivity index (χ0v) is 17.1. The minimum atomic E-state index is -0.711. The number of para-hydroxylation sites is 1. The Labute approximate surface area is 170 Å². The van der Waals surface area contributed by atoms with Crippen molar-refractivity contribution in [2.75, 3.05) is 13.1 Å². The first-order valence-corrected chi connectivity index (χ1v) is 10.5. The monoisotopic (exact) mass is 415 g/mol. The SMILES string of the molecule is CC1CC(C)CN(C(=O)Cn2c(=O)n(-c3ccccc3F)c(=O)c3sccc32)C1. The van der Waals surface area contributed by atoms with Gasteiger partial charge in [-0.2, -0.15) is 0 Å². The van der Waals surface area contributed by atoms with Crippen LogP contribution in [-0.2, 0) is 11.3 Å². The summed E-state index contributed by atoms with van der Waals surface area (Å²) >= 11 is 1.17.